The number of likely N-dealkylation sites (tertiary alicyclic amines) is 1. The Morgan fingerprint density at radius 1 is 1.05 bits per heavy atom. The van der Waals surface area contributed by atoms with E-state index in [0.717, 1.165) is 67.3 Å². The molecule has 41 heavy (non-hydrogen) atoms. The van der Waals surface area contributed by atoms with E-state index in [1.54, 1.807) is 6.20 Å². The van der Waals surface area contributed by atoms with Gasteiger partial charge in [-0.2, -0.15) is 9.61 Å². The fraction of sp³-hybridized carbons (Fsp3) is 0.767. The number of anilines is 1. The highest BCUT2D eigenvalue weighted by molar-refractivity contribution is 6.76. The van der Waals surface area contributed by atoms with Crippen LogP contribution in [0.5, 0.6) is 0 Å². The third kappa shape index (κ3) is 10.4. The molecule has 1 saturated heterocycles. The SMILES string of the molecule is CCc1c(C2CCCN(C(=O)OC(C)(C)C)C2)nc2ccnn2c1N(COCC[Si](C)(C)C)COCC[Si](C)(C)C. The maximum atomic E-state index is 13.0. The van der Waals surface area contributed by atoms with E-state index in [1.165, 1.54) is 0 Å². The molecule has 0 spiro atoms. The van der Waals surface area contributed by atoms with Crippen LogP contribution < -0.4 is 4.90 Å². The third-order valence-corrected chi connectivity index (χ3v) is 10.6. The van der Waals surface area contributed by atoms with Crippen molar-refractivity contribution in [3.05, 3.63) is 23.5 Å². The predicted octanol–water partition coefficient (Wildman–Crippen LogP) is 6.84. The van der Waals surface area contributed by atoms with Gasteiger partial charge in [-0.25, -0.2) is 9.78 Å². The van der Waals surface area contributed by atoms with Gasteiger partial charge in [0.25, 0.3) is 0 Å². The molecule has 1 aliphatic heterocycles. The van der Waals surface area contributed by atoms with E-state index in [2.05, 4.69) is 56.2 Å². The topological polar surface area (TPSA) is 81.4 Å². The van der Waals surface area contributed by atoms with Crippen LogP contribution in [0.25, 0.3) is 5.65 Å². The van der Waals surface area contributed by atoms with Gasteiger partial charge in [0.05, 0.1) is 11.9 Å². The van der Waals surface area contributed by atoms with Crippen LogP contribution in [-0.2, 0) is 20.6 Å². The Bertz CT molecular complexity index is 1110. The molecule has 0 aliphatic carbocycles. The molecule has 1 fully saturated rings. The number of carbonyl (C=O) groups is 1. The van der Waals surface area contributed by atoms with Crippen molar-refractivity contribution in [1.29, 1.82) is 0 Å². The number of carbonyl (C=O) groups excluding carboxylic acids is 1. The lowest BCUT2D eigenvalue weighted by Gasteiger charge is -2.35. The zero-order chi connectivity index (χ0) is 30.4. The Kier molecular flexibility index (Phi) is 11.5. The van der Waals surface area contributed by atoms with Gasteiger partial charge in [-0.05, 0) is 52.1 Å². The van der Waals surface area contributed by atoms with Gasteiger partial charge in [-0.1, -0.05) is 46.2 Å². The number of hydrogen-bond acceptors (Lipinski definition) is 7. The van der Waals surface area contributed by atoms with Crippen molar-refractivity contribution >= 4 is 33.7 Å². The van der Waals surface area contributed by atoms with Crippen LogP contribution in [0.2, 0.25) is 51.4 Å². The summed E-state index contributed by atoms with van der Waals surface area (Å²) in [6.07, 6.45) is 4.23. The normalized spacial score (nSPS) is 16.8. The Morgan fingerprint density at radius 2 is 1.66 bits per heavy atom. The third-order valence-electron chi connectivity index (χ3n) is 7.24. The van der Waals surface area contributed by atoms with Crippen molar-refractivity contribution in [3.8, 4) is 0 Å². The van der Waals surface area contributed by atoms with Crippen molar-refractivity contribution in [2.24, 2.45) is 0 Å². The Hall–Kier alpha value is -1.96. The van der Waals surface area contributed by atoms with E-state index >= 15 is 0 Å². The summed E-state index contributed by atoms with van der Waals surface area (Å²) in [6, 6.07) is 4.18. The monoisotopic (exact) mass is 605 g/mol. The first-order valence-corrected chi connectivity index (χ1v) is 22.7. The summed E-state index contributed by atoms with van der Waals surface area (Å²) in [5, 5.41) is 4.68. The Labute approximate surface area is 249 Å². The standard InChI is InChI=1S/C30H55N5O4Si2/c1-11-25-27(24-13-12-16-33(21-24)29(36)39-30(2,3)4)32-26-14-15-31-35(26)28(25)34(22-37-17-19-40(5,6)7)23-38-18-20-41(8,9)10/h14-15,24H,11-13,16-23H2,1-10H3. The quantitative estimate of drug-likeness (QED) is 0.141. The molecule has 2 aromatic rings. The first-order chi connectivity index (χ1) is 19.1. The van der Waals surface area contributed by atoms with Gasteiger partial charge >= 0.3 is 6.09 Å². The van der Waals surface area contributed by atoms with Crippen molar-refractivity contribution in [2.75, 3.05) is 44.7 Å². The molecule has 1 unspecified atom stereocenters. The average molecular weight is 606 g/mol. The molecule has 9 nitrogen and oxygen atoms in total. The van der Waals surface area contributed by atoms with Gasteiger partial charge in [-0.15, -0.1) is 0 Å². The molecule has 1 atom stereocenters. The van der Waals surface area contributed by atoms with Crippen molar-refractivity contribution in [3.63, 3.8) is 0 Å². The number of rotatable bonds is 13. The zero-order valence-electron chi connectivity index (χ0n) is 27.4. The van der Waals surface area contributed by atoms with Crippen LogP contribution in [0.1, 0.15) is 57.7 Å². The maximum Gasteiger partial charge on any atom is 0.410 e. The number of aromatic nitrogens is 3. The maximum absolute atomic E-state index is 13.0. The van der Waals surface area contributed by atoms with E-state index in [1.807, 2.05) is 36.3 Å². The predicted molar refractivity (Wildman–Crippen MR) is 173 cm³/mol. The highest BCUT2D eigenvalue weighted by atomic mass is 28.3. The molecule has 1 amide bonds. The summed E-state index contributed by atoms with van der Waals surface area (Å²) in [5.74, 6) is 1.10. The van der Waals surface area contributed by atoms with Crippen LogP contribution in [0.4, 0.5) is 10.6 Å². The van der Waals surface area contributed by atoms with Gasteiger partial charge in [-0.3, -0.25) is 0 Å². The van der Waals surface area contributed by atoms with Crippen LogP contribution in [0.15, 0.2) is 12.3 Å². The average Bonchev–Trinajstić information content (AvgIpc) is 3.33. The van der Waals surface area contributed by atoms with Gasteiger partial charge < -0.3 is 24.0 Å². The fourth-order valence-corrected chi connectivity index (χ4v) is 6.45. The number of nitrogens with zero attached hydrogens (tertiary/aromatic N) is 5. The lowest BCUT2D eigenvalue weighted by atomic mass is 9.91. The number of piperidine rings is 1. The van der Waals surface area contributed by atoms with Crippen molar-refractivity contribution in [2.45, 2.75) is 110 Å². The number of fused-ring (bicyclic) bond motifs is 1. The number of hydrogen-bond donors (Lipinski definition) is 0. The smallest absolute Gasteiger partial charge is 0.410 e. The van der Waals surface area contributed by atoms with Crippen molar-refractivity contribution < 1.29 is 19.0 Å². The second kappa shape index (κ2) is 14.0. The largest absolute Gasteiger partial charge is 0.444 e. The number of amides is 1. The fourth-order valence-electron chi connectivity index (χ4n) is 4.94. The minimum Gasteiger partial charge on any atom is -0.444 e. The van der Waals surface area contributed by atoms with E-state index in [9.17, 15) is 4.79 Å². The molecular weight excluding hydrogens is 551 g/mol. The van der Waals surface area contributed by atoms with E-state index < -0.39 is 21.7 Å². The summed E-state index contributed by atoms with van der Waals surface area (Å²) in [7, 11) is -2.43. The molecule has 0 saturated carbocycles. The summed E-state index contributed by atoms with van der Waals surface area (Å²) in [6.45, 7) is 25.8. The Balaban J connectivity index is 1.94. The molecule has 11 heteroatoms. The van der Waals surface area contributed by atoms with Gasteiger partial charge in [0.1, 0.15) is 24.9 Å². The summed E-state index contributed by atoms with van der Waals surface area (Å²) in [4.78, 5) is 22.1. The van der Waals surface area contributed by atoms with E-state index in [-0.39, 0.29) is 12.0 Å². The van der Waals surface area contributed by atoms with E-state index in [0.29, 0.717) is 26.6 Å². The zero-order valence-corrected chi connectivity index (χ0v) is 29.4. The highest BCUT2D eigenvalue weighted by Crippen LogP contribution is 2.34. The van der Waals surface area contributed by atoms with Crippen LogP contribution >= 0.6 is 0 Å². The molecular formula is C30H55N5O4Si2. The second-order valence-corrected chi connectivity index (χ2v) is 26.0. The molecule has 3 heterocycles. The van der Waals surface area contributed by atoms with Crippen LogP contribution in [0.3, 0.4) is 0 Å². The van der Waals surface area contributed by atoms with Gasteiger partial charge in [0.15, 0.2) is 5.65 Å². The van der Waals surface area contributed by atoms with Crippen molar-refractivity contribution in [1.82, 2.24) is 19.5 Å². The minimum atomic E-state index is -1.21. The molecule has 2 aromatic heterocycles. The molecule has 1 aliphatic rings. The van der Waals surface area contributed by atoms with Gasteiger partial charge in [0.2, 0.25) is 0 Å². The Morgan fingerprint density at radius 3 is 2.20 bits per heavy atom. The summed E-state index contributed by atoms with van der Waals surface area (Å²) in [5.41, 5.74) is 2.46. The lowest BCUT2D eigenvalue weighted by molar-refractivity contribution is 0.0197. The summed E-state index contributed by atoms with van der Waals surface area (Å²) < 4.78 is 20.2. The van der Waals surface area contributed by atoms with Crippen LogP contribution in [-0.4, -0.2) is 87.1 Å². The summed E-state index contributed by atoms with van der Waals surface area (Å²) >= 11 is 0. The van der Waals surface area contributed by atoms with Gasteiger partial charge in [0, 0.05) is 60.0 Å². The van der Waals surface area contributed by atoms with Crippen LogP contribution in [0, 0.1) is 0 Å². The molecule has 3 rings (SSSR count). The lowest BCUT2D eigenvalue weighted by Crippen LogP contribution is -2.42. The first kappa shape index (κ1) is 33.5. The molecule has 0 aromatic carbocycles. The van der Waals surface area contributed by atoms with E-state index in [4.69, 9.17) is 19.2 Å². The minimum absolute atomic E-state index is 0.118. The second-order valence-electron chi connectivity index (χ2n) is 14.8. The molecule has 0 N–H and O–H groups in total. The molecule has 0 bridgehead atoms. The highest BCUT2D eigenvalue weighted by Gasteiger charge is 2.32. The first-order valence-electron chi connectivity index (χ1n) is 15.3. The number of ether oxygens (including phenoxy) is 3. The molecule has 0 radical (unpaired) electrons. The molecule has 232 valence electrons.